The predicted molar refractivity (Wildman–Crippen MR) is 96.0 cm³/mol. The average Bonchev–Trinajstić information content (AvgIpc) is 3.04. The number of aliphatic hydroxyl groups is 1. The van der Waals surface area contributed by atoms with Crippen molar-refractivity contribution < 1.29 is 9.90 Å². The molecular formula is C20H30N2O2. The fourth-order valence-electron chi connectivity index (χ4n) is 4.15. The third kappa shape index (κ3) is 4.37. The monoisotopic (exact) mass is 330 g/mol. The second-order valence-electron chi connectivity index (χ2n) is 7.44. The van der Waals surface area contributed by atoms with E-state index in [0.29, 0.717) is 5.92 Å². The Morgan fingerprint density at radius 1 is 1.21 bits per heavy atom. The molecule has 0 bridgehead atoms. The molecule has 0 radical (unpaired) electrons. The van der Waals surface area contributed by atoms with Crippen molar-refractivity contribution in [3.63, 3.8) is 0 Å². The summed E-state index contributed by atoms with van der Waals surface area (Å²) >= 11 is 0. The van der Waals surface area contributed by atoms with Gasteiger partial charge < -0.3 is 15.3 Å². The van der Waals surface area contributed by atoms with E-state index in [1.807, 2.05) is 0 Å². The molecule has 1 aromatic rings. The summed E-state index contributed by atoms with van der Waals surface area (Å²) in [6.45, 7) is 6.07. The third-order valence-corrected chi connectivity index (χ3v) is 5.70. The number of amides is 1. The molecule has 3 rings (SSSR count). The van der Waals surface area contributed by atoms with Crippen LogP contribution in [0.4, 0.5) is 0 Å². The maximum Gasteiger partial charge on any atom is 0.223 e. The lowest BCUT2D eigenvalue weighted by molar-refractivity contribution is -0.126. The van der Waals surface area contributed by atoms with Crippen molar-refractivity contribution in [1.29, 1.82) is 0 Å². The number of carbonyl (C=O) groups excluding carboxylic acids is 1. The normalized spacial score (nSPS) is 28.0. The topological polar surface area (TPSA) is 52.6 Å². The van der Waals surface area contributed by atoms with Gasteiger partial charge in [0.1, 0.15) is 0 Å². The number of likely N-dealkylation sites (tertiary alicyclic amines) is 1. The van der Waals surface area contributed by atoms with Gasteiger partial charge in [-0.25, -0.2) is 0 Å². The molecule has 1 aliphatic carbocycles. The Kier molecular flexibility index (Phi) is 5.90. The summed E-state index contributed by atoms with van der Waals surface area (Å²) < 4.78 is 0. The van der Waals surface area contributed by atoms with Crippen molar-refractivity contribution in [2.24, 2.45) is 5.92 Å². The summed E-state index contributed by atoms with van der Waals surface area (Å²) in [4.78, 5) is 14.7. The molecule has 0 spiro atoms. The second kappa shape index (κ2) is 8.13. The maximum atomic E-state index is 12.2. The molecule has 24 heavy (non-hydrogen) atoms. The molecule has 4 heteroatoms. The van der Waals surface area contributed by atoms with Gasteiger partial charge in [0.25, 0.3) is 0 Å². The van der Waals surface area contributed by atoms with E-state index in [1.165, 1.54) is 17.5 Å². The van der Waals surface area contributed by atoms with Gasteiger partial charge in [0.2, 0.25) is 5.91 Å². The SMILES string of the molecule is Cc1ccccc1[C@@H]1CCN(CCNC(=O)C2CCC(O)CC2)C1. The predicted octanol–water partition coefficient (Wildman–Crippen LogP) is 2.45. The zero-order valence-corrected chi connectivity index (χ0v) is 14.7. The number of aryl methyl sites for hydroxylation is 1. The lowest BCUT2D eigenvalue weighted by Gasteiger charge is -2.25. The minimum atomic E-state index is -0.197. The van der Waals surface area contributed by atoms with Gasteiger partial charge in [0, 0.05) is 25.6 Å². The molecule has 1 aromatic carbocycles. The van der Waals surface area contributed by atoms with Crippen molar-refractivity contribution in [3.05, 3.63) is 35.4 Å². The van der Waals surface area contributed by atoms with Crippen LogP contribution in [0.1, 0.15) is 49.1 Å². The number of aliphatic hydroxyl groups excluding tert-OH is 1. The first kappa shape index (κ1) is 17.4. The largest absolute Gasteiger partial charge is 0.393 e. The fourth-order valence-corrected chi connectivity index (χ4v) is 4.15. The Labute approximate surface area is 145 Å². The van der Waals surface area contributed by atoms with E-state index >= 15 is 0 Å². The van der Waals surface area contributed by atoms with E-state index in [4.69, 9.17) is 0 Å². The Bertz CT molecular complexity index is 552. The Hall–Kier alpha value is -1.39. The summed E-state index contributed by atoms with van der Waals surface area (Å²) in [7, 11) is 0. The summed E-state index contributed by atoms with van der Waals surface area (Å²) in [6.07, 6.45) is 4.19. The molecular weight excluding hydrogens is 300 g/mol. The molecule has 1 aliphatic heterocycles. The zero-order valence-electron chi connectivity index (χ0n) is 14.7. The van der Waals surface area contributed by atoms with E-state index in [1.54, 1.807) is 0 Å². The van der Waals surface area contributed by atoms with Crippen LogP contribution >= 0.6 is 0 Å². The van der Waals surface area contributed by atoms with Crippen LogP contribution in [0.5, 0.6) is 0 Å². The van der Waals surface area contributed by atoms with E-state index in [2.05, 4.69) is 41.4 Å². The van der Waals surface area contributed by atoms with E-state index < -0.39 is 0 Å². The van der Waals surface area contributed by atoms with Crippen molar-refractivity contribution in [2.75, 3.05) is 26.2 Å². The van der Waals surface area contributed by atoms with Crippen LogP contribution in [0.2, 0.25) is 0 Å². The first-order chi connectivity index (χ1) is 11.6. The highest BCUT2D eigenvalue weighted by Crippen LogP contribution is 2.29. The zero-order chi connectivity index (χ0) is 16.9. The van der Waals surface area contributed by atoms with Crippen molar-refractivity contribution in [1.82, 2.24) is 10.2 Å². The van der Waals surface area contributed by atoms with Crippen LogP contribution in [0.15, 0.2) is 24.3 Å². The number of benzene rings is 1. The van der Waals surface area contributed by atoms with Crippen LogP contribution in [0.25, 0.3) is 0 Å². The van der Waals surface area contributed by atoms with Gasteiger partial charge >= 0.3 is 0 Å². The number of hydrogen-bond donors (Lipinski definition) is 2. The van der Waals surface area contributed by atoms with E-state index in [0.717, 1.165) is 51.9 Å². The molecule has 2 aliphatic rings. The molecule has 4 nitrogen and oxygen atoms in total. The molecule has 1 saturated heterocycles. The summed E-state index contributed by atoms with van der Waals surface area (Å²) in [5.41, 5.74) is 2.86. The Morgan fingerprint density at radius 3 is 2.71 bits per heavy atom. The summed E-state index contributed by atoms with van der Waals surface area (Å²) in [6, 6.07) is 8.68. The molecule has 1 atom stereocenters. The molecule has 132 valence electrons. The molecule has 2 N–H and O–H groups in total. The number of nitrogens with zero attached hydrogens (tertiary/aromatic N) is 1. The van der Waals surface area contributed by atoms with Crippen LogP contribution in [0, 0.1) is 12.8 Å². The van der Waals surface area contributed by atoms with Crippen LogP contribution in [-0.2, 0) is 4.79 Å². The fraction of sp³-hybridized carbons (Fsp3) is 0.650. The maximum absolute atomic E-state index is 12.2. The van der Waals surface area contributed by atoms with E-state index in [-0.39, 0.29) is 17.9 Å². The highest BCUT2D eigenvalue weighted by atomic mass is 16.3. The van der Waals surface area contributed by atoms with Crippen LogP contribution < -0.4 is 5.32 Å². The molecule has 1 amide bonds. The Morgan fingerprint density at radius 2 is 1.96 bits per heavy atom. The lowest BCUT2D eigenvalue weighted by atomic mass is 9.87. The van der Waals surface area contributed by atoms with Gasteiger partial charge in [-0.3, -0.25) is 4.79 Å². The minimum Gasteiger partial charge on any atom is -0.393 e. The van der Waals surface area contributed by atoms with Gasteiger partial charge in [0.05, 0.1) is 6.10 Å². The third-order valence-electron chi connectivity index (χ3n) is 5.70. The summed E-state index contributed by atoms with van der Waals surface area (Å²) in [5.74, 6) is 0.907. The lowest BCUT2D eigenvalue weighted by Crippen LogP contribution is -2.38. The highest BCUT2D eigenvalue weighted by Gasteiger charge is 2.26. The number of nitrogens with one attached hydrogen (secondary N) is 1. The highest BCUT2D eigenvalue weighted by molar-refractivity contribution is 5.78. The van der Waals surface area contributed by atoms with Gasteiger partial charge in [-0.1, -0.05) is 24.3 Å². The minimum absolute atomic E-state index is 0.103. The summed E-state index contributed by atoms with van der Waals surface area (Å²) in [5, 5.41) is 12.6. The van der Waals surface area contributed by atoms with Crippen molar-refractivity contribution in [3.8, 4) is 0 Å². The number of rotatable bonds is 5. The first-order valence-corrected chi connectivity index (χ1v) is 9.37. The smallest absolute Gasteiger partial charge is 0.223 e. The molecule has 2 fully saturated rings. The van der Waals surface area contributed by atoms with Gasteiger partial charge in [-0.15, -0.1) is 0 Å². The van der Waals surface area contributed by atoms with Gasteiger partial charge in [0.15, 0.2) is 0 Å². The molecule has 1 saturated carbocycles. The number of hydrogen-bond acceptors (Lipinski definition) is 3. The second-order valence-corrected chi connectivity index (χ2v) is 7.44. The van der Waals surface area contributed by atoms with Crippen LogP contribution in [0.3, 0.4) is 0 Å². The molecule has 0 unspecified atom stereocenters. The molecule has 0 aromatic heterocycles. The van der Waals surface area contributed by atoms with Crippen LogP contribution in [-0.4, -0.2) is 48.2 Å². The standard InChI is InChI=1S/C20H30N2O2/c1-15-4-2-3-5-19(15)17-10-12-22(14-17)13-11-21-20(24)16-6-8-18(23)9-7-16/h2-5,16-18,23H,6-14H2,1H3,(H,21,24)/t16?,17-,18?/m1/s1. The quantitative estimate of drug-likeness (QED) is 0.872. The number of carbonyl (C=O) groups is 1. The molecule has 1 heterocycles. The Balaban J connectivity index is 1.39. The first-order valence-electron chi connectivity index (χ1n) is 9.37. The van der Waals surface area contributed by atoms with Crippen molar-refractivity contribution >= 4 is 5.91 Å². The van der Waals surface area contributed by atoms with Gasteiger partial charge in [-0.2, -0.15) is 0 Å². The van der Waals surface area contributed by atoms with Gasteiger partial charge in [-0.05, 0) is 62.6 Å². The van der Waals surface area contributed by atoms with E-state index in [9.17, 15) is 9.90 Å². The average molecular weight is 330 g/mol. The van der Waals surface area contributed by atoms with Crippen molar-refractivity contribution in [2.45, 2.75) is 51.0 Å².